The van der Waals surface area contributed by atoms with E-state index < -0.39 is 0 Å². The van der Waals surface area contributed by atoms with Gasteiger partial charge in [0.1, 0.15) is 0 Å². The molecule has 0 unspecified atom stereocenters. The molecule has 4 heteroatoms. The average molecular weight is 441 g/mol. The second kappa shape index (κ2) is 17.6. The van der Waals surface area contributed by atoms with E-state index in [-0.39, 0.29) is 11.8 Å². The third kappa shape index (κ3) is 16.7. The molecular weight excluding hydrogens is 396 g/mol. The molecule has 4 nitrogen and oxygen atoms in total. The van der Waals surface area contributed by atoms with Crippen LogP contribution in [-0.4, -0.2) is 23.9 Å². The molecule has 0 aromatic carbocycles. The van der Waals surface area contributed by atoms with Crippen molar-refractivity contribution < 1.29 is 9.59 Å². The molecule has 2 fully saturated rings. The first-order chi connectivity index (χ1) is 15.7. The van der Waals surface area contributed by atoms with Crippen LogP contribution in [0.1, 0.15) is 128 Å². The van der Waals surface area contributed by atoms with Crippen molar-refractivity contribution in [2.24, 2.45) is 0 Å². The van der Waals surface area contributed by atoms with Crippen LogP contribution < -0.4 is 10.6 Å². The van der Waals surface area contributed by atoms with Gasteiger partial charge in [-0.2, -0.15) is 0 Å². The van der Waals surface area contributed by atoms with Crippen LogP contribution in [0.5, 0.6) is 0 Å². The zero-order chi connectivity index (χ0) is 22.7. The highest BCUT2D eigenvalue weighted by atomic mass is 16.2. The van der Waals surface area contributed by atoms with Crippen molar-refractivity contribution in [1.82, 2.24) is 10.6 Å². The van der Waals surface area contributed by atoms with Crippen LogP contribution in [0.2, 0.25) is 0 Å². The van der Waals surface area contributed by atoms with E-state index in [1.54, 1.807) is 0 Å². The second-order valence-electron chi connectivity index (χ2n) is 9.53. The summed E-state index contributed by atoms with van der Waals surface area (Å²) in [6, 6.07) is 0.985. The topological polar surface area (TPSA) is 58.2 Å². The van der Waals surface area contributed by atoms with Gasteiger partial charge in [-0.05, 0) is 63.2 Å². The van der Waals surface area contributed by atoms with E-state index in [0.717, 1.165) is 51.4 Å². The van der Waals surface area contributed by atoms with E-state index in [1.165, 1.54) is 64.2 Å². The summed E-state index contributed by atoms with van der Waals surface area (Å²) in [5.74, 6) is 12.8. The maximum Gasteiger partial charge on any atom is 0.220 e. The fraction of sp³-hybridized carbons (Fsp3) is 0.786. The van der Waals surface area contributed by atoms with Gasteiger partial charge in [0.15, 0.2) is 0 Å². The Morgan fingerprint density at radius 2 is 0.875 bits per heavy atom. The molecule has 0 radical (unpaired) electrons. The lowest BCUT2D eigenvalue weighted by Gasteiger charge is -2.03. The summed E-state index contributed by atoms with van der Waals surface area (Å²) in [7, 11) is 0. The van der Waals surface area contributed by atoms with Crippen LogP contribution in [-0.2, 0) is 9.59 Å². The fourth-order valence-electron chi connectivity index (χ4n) is 3.68. The summed E-state index contributed by atoms with van der Waals surface area (Å²) in [6.07, 6.45) is 22.0. The Morgan fingerprint density at radius 1 is 0.531 bits per heavy atom. The Balaban J connectivity index is 1.25. The van der Waals surface area contributed by atoms with Crippen LogP contribution >= 0.6 is 0 Å². The van der Waals surface area contributed by atoms with Gasteiger partial charge in [0.2, 0.25) is 11.8 Å². The lowest BCUT2D eigenvalue weighted by molar-refractivity contribution is -0.122. The average Bonchev–Trinajstić information content (AvgIpc) is 3.70. The van der Waals surface area contributed by atoms with E-state index in [9.17, 15) is 9.59 Å². The second-order valence-corrected chi connectivity index (χ2v) is 9.53. The molecular formula is C28H44N2O2. The summed E-state index contributed by atoms with van der Waals surface area (Å²) in [5, 5.41) is 6.09. The quantitative estimate of drug-likeness (QED) is 0.209. The molecule has 2 aliphatic carbocycles. The number of amides is 2. The molecule has 0 aliphatic heterocycles. The van der Waals surface area contributed by atoms with Crippen LogP contribution in [0.25, 0.3) is 0 Å². The van der Waals surface area contributed by atoms with Crippen LogP contribution in [0.3, 0.4) is 0 Å². The molecule has 0 aromatic heterocycles. The lowest BCUT2D eigenvalue weighted by atomic mass is 10.1. The monoisotopic (exact) mass is 440 g/mol. The highest BCUT2D eigenvalue weighted by molar-refractivity contribution is 5.76. The summed E-state index contributed by atoms with van der Waals surface area (Å²) in [4.78, 5) is 23.1. The molecule has 2 N–H and O–H groups in total. The van der Waals surface area contributed by atoms with Gasteiger partial charge in [-0.15, -0.1) is 0 Å². The lowest BCUT2D eigenvalue weighted by Crippen LogP contribution is -2.24. The molecule has 2 aliphatic rings. The molecule has 0 bridgehead atoms. The number of hydrogen-bond acceptors (Lipinski definition) is 2. The maximum atomic E-state index is 11.6. The van der Waals surface area contributed by atoms with E-state index in [4.69, 9.17) is 0 Å². The number of hydrogen-bond donors (Lipinski definition) is 2. The molecule has 2 rings (SSSR count). The van der Waals surface area contributed by atoms with Crippen molar-refractivity contribution in [2.45, 2.75) is 141 Å². The predicted molar refractivity (Wildman–Crippen MR) is 132 cm³/mol. The number of carbonyl (C=O) groups is 2. The summed E-state index contributed by atoms with van der Waals surface area (Å²) < 4.78 is 0. The first kappa shape index (κ1) is 26.3. The molecule has 2 amide bonds. The first-order valence-electron chi connectivity index (χ1n) is 13.3. The van der Waals surface area contributed by atoms with Crippen molar-refractivity contribution in [3.05, 3.63) is 0 Å². The van der Waals surface area contributed by atoms with Crippen molar-refractivity contribution in [3.8, 4) is 23.7 Å². The third-order valence-electron chi connectivity index (χ3n) is 6.04. The van der Waals surface area contributed by atoms with E-state index >= 15 is 0 Å². The van der Waals surface area contributed by atoms with Gasteiger partial charge in [-0.25, -0.2) is 0 Å². The van der Waals surface area contributed by atoms with Crippen LogP contribution in [0.15, 0.2) is 0 Å². The zero-order valence-electron chi connectivity index (χ0n) is 20.1. The minimum absolute atomic E-state index is 0.241. The van der Waals surface area contributed by atoms with Crippen molar-refractivity contribution in [1.29, 1.82) is 0 Å². The predicted octanol–water partition coefficient (Wildman–Crippen LogP) is 5.79. The van der Waals surface area contributed by atoms with Crippen LogP contribution in [0.4, 0.5) is 0 Å². The van der Waals surface area contributed by atoms with Crippen molar-refractivity contribution in [3.63, 3.8) is 0 Å². The smallest absolute Gasteiger partial charge is 0.220 e. The number of carbonyl (C=O) groups excluding carboxylic acids is 2. The summed E-state index contributed by atoms with van der Waals surface area (Å²) >= 11 is 0. The SMILES string of the molecule is O=C(CCCCCCCCC#CC#CCCCCCCCCC(=O)NC1CC1)NC1CC1. The Morgan fingerprint density at radius 3 is 1.25 bits per heavy atom. The Hall–Kier alpha value is -1.94. The van der Waals surface area contributed by atoms with Gasteiger partial charge in [-0.1, -0.05) is 63.2 Å². The van der Waals surface area contributed by atoms with E-state index in [1.807, 2.05) is 0 Å². The first-order valence-corrected chi connectivity index (χ1v) is 13.3. The van der Waals surface area contributed by atoms with Gasteiger partial charge < -0.3 is 10.6 Å². The molecule has 0 atom stereocenters. The Bertz CT molecular complexity index is 598. The highest BCUT2D eigenvalue weighted by Gasteiger charge is 2.23. The van der Waals surface area contributed by atoms with Crippen molar-refractivity contribution in [2.75, 3.05) is 0 Å². The van der Waals surface area contributed by atoms with E-state index in [2.05, 4.69) is 34.3 Å². The van der Waals surface area contributed by atoms with Gasteiger partial charge in [0.05, 0.1) is 0 Å². The van der Waals surface area contributed by atoms with Crippen molar-refractivity contribution >= 4 is 11.8 Å². The molecule has 0 saturated heterocycles. The minimum Gasteiger partial charge on any atom is -0.353 e. The molecule has 0 spiro atoms. The number of unbranched alkanes of at least 4 members (excludes halogenated alkanes) is 12. The van der Waals surface area contributed by atoms with Gasteiger partial charge in [0, 0.05) is 37.8 Å². The standard InChI is InChI=1S/C28H44N2O2/c31-27(29-25-21-22-25)19-17-15-13-11-9-7-5-3-1-2-4-6-8-10-12-14-16-18-20-28(32)30-26-23-24-26/h25-26H,5-24H2,(H,29,31)(H,30,32). The Kier molecular flexibility index (Phi) is 14.5. The van der Waals surface area contributed by atoms with Gasteiger partial charge >= 0.3 is 0 Å². The molecule has 0 aromatic rings. The van der Waals surface area contributed by atoms with Crippen LogP contribution in [0, 0.1) is 23.7 Å². The maximum absolute atomic E-state index is 11.6. The molecule has 2 saturated carbocycles. The molecule has 0 heterocycles. The number of rotatable bonds is 18. The highest BCUT2D eigenvalue weighted by Crippen LogP contribution is 2.19. The zero-order valence-corrected chi connectivity index (χ0v) is 20.1. The van der Waals surface area contributed by atoms with E-state index in [0.29, 0.717) is 24.9 Å². The normalized spacial score (nSPS) is 14.6. The minimum atomic E-state index is 0.241. The van der Waals surface area contributed by atoms with Gasteiger partial charge in [0.25, 0.3) is 0 Å². The fourth-order valence-corrected chi connectivity index (χ4v) is 3.68. The molecule has 178 valence electrons. The van der Waals surface area contributed by atoms with Gasteiger partial charge in [-0.3, -0.25) is 9.59 Å². The Labute approximate surface area is 196 Å². The summed E-state index contributed by atoms with van der Waals surface area (Å²) in [5.41, 5.74) is 0. The molecule has 32 heavy (non-hydrogen) atoms. The summed E-state index contributed by atoms with van der Waals surface area (Å²) in [6.45, 7) is 0. The third-order valence-corrected chi connectivity index (χ3v) is 6.04. The largest absolute Gasteiger partial charge is 0.353 e. The number of nitrogens with one attached hydrogen (secondary N) is 2.